The highest BCUT2D eigenvalue weighted by atomic mass is 32.1. The summed E-state index contributed by atoms with van der Waals surface area (Å²) in [7, 11) is 1.55. The molecule has 1 amide bonds. The first-order valence-corrected chi connectivity index (χ1v) is 9.50. The summed E-state index contributed by atoms with van der Waals surface area (Å²) in [5, 5.41) is 7.84. The maximum absolute atomic E-state index is 12.9. The van der Waals surface area contributed by atoms with E-state index in [-0.39, 0.29) is 18.0 Å². The predicted molar refractivity (Wildman–Crippen MR) is 108 cm³/mol. The first-order chi connectivity index (χ1) is 13.4. The summed E-state index contributed by atoms with van der Waals surface area (Å²) in [6, 6.07) is 7.37. The lowest BCUT2D eigenvalue weighted by molar-refractivity contribution is -0.116. The molecule has 28 heavy (non-hydrogen) atoms. The third-order valence-electron chi connectivity index (χ3n) is 4.49. The standard InChI is InChI=1S/C19H19N5O3S/c1-10-5-6-15(27-4)13(7-10)20-16(25)9-23-11(2)8-14-17(23)18(26)24-19(21-14)28-12(3)22-24/h5-8H,9H2,1-4H3,(H,20,25). The van der Waals surface area contributed by atoms with Gasteiger partial charge in [-0.2, -0.15) is 9.61 Å². The van der Waals surface area contributed by atoms with Gasteiger partial charge in [-0.15, -0.1) is 0 Å². The molecule has 9 heteroatoms. The van der Waals surface area contributed by atoms with Gasteiger partial charge in [0, 0.05) is 5.69 Å². The smallest absolute Gasteiger partial charge is 0.299 e. The quantitative estimate of drug-likeness (QED) is 0.572. The van der Waals surface area contributed by atoms with Crippen LogP contribution in [0.2, 0.25) is 0 Å². The number of nitrogens with one attached hydrogen (secondary N) is 1. The van der Waals surface area contributed by atoms with Crippen LogP contribution in [0.4, 0.5) is 5.69 Å². The van der Waals surface area contributed by atoms with E-state index in [9.17, 15) is 9.59 Å². The van der Waals surface area contributed by atoms with Crippen LogP contribution in [0.1, 0.15) is 16.3 Å². The average molecular weight is 397 g/mol. The Bertz CT molecular complexity index is 1280. The van der Waals surface area contributed by atoms with E-state index >= 15 is 0 Å². The van der Waals surface area contributed by atoms with Crippen molar-refractivity contribution in [3.8, 4) is 5.75 Å². The number of methoxy groups -OCH3 is 1. The van der Waals surface area contributed by atoms with Crippen molar-refractivity contribution in [2.24, 2.45) is 0 Å². The molecule has 1 N–H and O–H groups in total. The molecule has 0 fully saturated rings. The van der Waals surface area contributed by atoms with Gasteiger partial charge < -0.3 is 14.6 Å². The van der Waals surface area contributed by atoms with Crippen molar-refractivity contribution in [1.29, 1.82) is 0 Å². The molecule has 4 aromatic rings. The number of fused-ring (bicyclic) bond motifs is 2. The van der Waals surface area contributed by atoms with Crippen LogP contribution in [-0.4, -0.2) is 32.2 Å². The van der Waals surface area contributed by atoms with Crippen molar-refractivity contribution in [1.82, 2.24) is 19.2 Å². The maximum atomic E-state index is 12.9. The average Bonchev–Trinajstić information content (AvgIpc) is 3.15. The second-order valence-corrected chi connectivity index (χ2v) is 7.75. The summed E-state index contributed by atoms with van der Waals surface area (Å²) in [6.07, 6.45) is 0. The van der Waals surface area contributed by atoms with Gasteiger partial charge in [-0.25, -0.2) is 4.98 Å². The van der Waals surface area contributed by atoms with Crippen LogP contribution in [0.5, 0.6) is 5.75 Å². The molecule has 1 aromatic carbocycles. The van der Waals surface area contributed by atoms with Crippen LogP contribution in [0.15, 0.2) is 29.1 Å². The predicted octanol–water partition coefficient (Wildman–Crippen LogP) is 2.68. The molecule has 3 aromatic heterocycles. The normalized spacial score (nSPS) is 11.3. The number of benzene rings is 1. The van der Waals surface area contributed by atoms with E-state index in [0.29, 0.717) is 27.4 Å². The minimum atomic E-state index is -0.279. The highest BCUT2D eigenvalue weighted by Crippen LogP contribution is 2.25. The monoisotopic (exact) mass is 397 g/mol. The molecule has 8 nitrogen and oxygen atoms in total. The summed E-state index contributed by atoms with van der Waals surface area (Å²) < 4.78 is 8.27. The molecule has 0 atom stereocenters. The SMILES string of the molecule is COc1ccc(C)cc1NC(=O)Cn1c(C)cc2nc3sc(C)nn3c(=O)c21. The van der Waals surface area contributed by atoms with Crippen LogP contribution in [0, 0.1) is 20.8 Å². The van der Waals surface area contributed by atoms with E-state index in [1.807, 2.05) is 39.0 Å². The Balaban J connectivity index is 1.72. The van der Waals surface area contributed by atoms with Gasteiger partial charge in [-0.3, -0.25) is 9.59 Å². The second-order valence-electron chi connectivity index (χ2n) is 6.59. The van der Waals surface area contributed by atoms with Crippen LogP contribution in [0.25, 0.3) is 16.0 Å². The van der Waals surface area contributed by atoms with Crippen LogP contribution in [-0.2, 0) is 11.3 Å². The number of carbonyl (C=O) groups is 1. The lowest BCUT2D eigenvalue weighted by Crippen LogP contribution is -2.23. The number of ether oxygens (including phenoxy) is 1. The van der Waals surface area contributed by atoms with E-state index in [2.05, 4.69) is 15.4 Å². The van der Waals surface area contributed by atoms with Crippen LogP contribution < -0.4 is 15.6 Å². The van der Waals surface area contributed by atoms with Crippen LogP contribution >= 0.6 is 11.3 Å². The second kappa shape index (κ2) is 6.75. The molecule has 0 aliphatic rings. The van der Waals surface area contributed by atoms with Crippen LogP contribution in [0.3, 0.4) is 0 Å². The Hall–Kier alpha value is -3.20. The highest BCUT2D eigenvalue weighted by molar-refractivity contribution is 7.16. The first kappa shape index (κ1) is 18.2. The third kappa shape index (κ3) is 3.03. The van der Waals surface area contributed by atoms with E-state index in [0.717, 1.165) is 16.3 Å². The molecule has 0 aliphatic heterocycles. The van der Waals surface area contributed by atoms with Gasteiger partial charge in [0.15, 0.2) is 0 Å². The Morgan fingerprint density at radius 1 is 1.25 bits per heavy atom. The summed E-state index contributed by atoms with van der Waals surface area (Å²) >= 11 is 1.36. The molecule has 0 aliphatic carbocycles. The number of rotatable bonds is 4. The van der Waals surface area contributed by atoms with Crippen molar-refractivity contribution < 1.29 is 9.53 Å². The van der Waals surface area contributed by atoms with Crippen molar-refractivity contribution >= 4 is 38.9 Å². The van der Waals surface area contributed by atoms with Gasteiger partial charge in [0.05, 0.1) is 18.3 Å². The molecular weight excluding hydrogens is 378 g/mol. The zero-order valence-corrected chi connectivity index (χ0v) is 16.8. The first-order valence-electron chi connectivity index (χ1n) is 8.68. The number of aryl methyl sites for hydroxylation is 3. The molecule has 0 bridgehead atoms. The van der Waals surface area contributed by atoms with Gasteiger partial charge in [-0.1, -0.05) is 17.4 Å². The fraction of sp³-hybridized carbons (Fsp3) is 0.263. The molecule has 3 heterocycles. The van der Waals surface area contributed by atoms with Gasteiger partial charge in [-0.05, 0) is 44.5 Å². The van der Waals surface area contributed by atoms with Gasteiger partial charge in [0.2, 0.25) is 10.9 Å². The van der Waals surface area contributed by atoms with E-state index in [1.54, 1.807) is 17.7 Å². The Morgan fingerprint density at radius 3 is 2.79 bits per heavy atom. The van der Waals surface area contributed by atoms with E-state index in [1.165, 1.54) is 15.9 Å². The molecule has 4 rings (SSSR count). The Labute approximate surface area is 164 Å². The van der Waals surface area contributed by atoms with Crippen molar-refractivity contribution in [3.05, 3.63) is 50.9 Å². The summed E-state index contributed by atoms with van der Waals surface area (Å²) in [5.74, 6) is 0.317. The molecule has 144 valence electrons. The summed E-state index contributed by atoms with van der Waals surface area (Å²) in [4.78, 5) is 30.7. The van der Waals surface area contributed by atoms with Gasteiger partial charge in [0.1, 0.15) is 22.8 Å². The molecule has 0 spiro atoms. The number of aromatic nitrogens is 4. The largest absolute Gasteiger partial charge is 0.495 e. The zero-order chi connectivity index (χ0) is 20.0. The number of amides is 1. The minimum Gasteiger partial charge on any atom is -0.495 e. The number of anilines is 1. The summed E-state index contributed by atoms with van der Waals surface area (Å²) in [6.45, 7) is 5.59. The fourth-order valence-electron chi connectivity index (χ4n) is 3.21. The highest BCUT2D eigenvalue weighted by Gasteiger charge is 2.18. The topological polar surface area (TPSA) is 90.5 Å². The van der Waals surface area contributed by atoms with E-state index in [4.69, 9.17) is 4.74 Å². The fourth-order valence-corrected chi connectivity index (χ4v) is 3.95. The van der Waals surface area contributed by atoms with Crippen molar-refractivity contribution in [2.45, 2.75) is 27.3 Å². The minimum absolute atomic E-state index is 0.0153. The molecule has 0 unspecified atom stereocenters. The molecule has 0 radical (unpaired) electrons. The lowest BCUT2D eigenvalue weighted by Gasteiger charge is -2.12. The lowest BCUT2D eigenvalue weighted by atomic mass is 10.2. The van der Waals surface area contributed by atoms with E-state index < -0.39 is 0 Å². The van der Waals surface area contributed by atoms with Crippen molar-refractivity contribution in [3.63, 3.8) is 0 Å². The number of hydrogen-bond donors (Lipinski definition) is 1. The maximum Gasteiger partial charge on any atom is 0.299 e. The Kier molecular flexibility index (Phi) is 4.38. The molecule has 0 saturated carbocycles. The summed E-state index contributed by atoms with van der Waals surface area (Å²) in [5.41, 5.74) is 3.02. The van der Waals surface area contributed by atoms with Gasteiger partial charge >= 0.3 is 0 Å². The third-order valence-corrected chi connectivity index (χ3v) is 5.31. The number of nitrogens with zero attached hydrogens (tertiary/aromatic N) is 4. The molecular formula is C19H19N5O3S. The molecule has 0 saturated heterocycles. The number of carbonyl (C=O) groups excluding carboxylic acids is 1. The zero-order valence-electron chi connectivity index (χ0n) is 15.9. The van der Waals surface area contributed by atoms with Gasteiger partial charge in [0.25, 0.3) is 5.56 Å². The Morgan fingerprint density at radius 2 is 2.04 bits per heavy atom. The van der Waals surface area contributed by atoms with Crippen molar-refractivity contribution in [2.75, 3.05) is 12.4 Å². The number of hydrogen-bond acceptors (Lipinski definition) is 6.